The minimum atomic E-state index is 0.389. The first kappa shape index (κ1) is 14.3. The van der Waals surface area contributed by atoms with E-state index >= 15 is 0 Å². The van der Waals surface area contributed by atoms with Gasteiger partial charge in [-0.05, 0) is 18.1 Å². The molecule has 20 heavy (non-hydrogen) atoms. The van der Waals surface area contributed by atoms with Crippen LogP contribution in [0.5, 0.6) is 0 Å². The maximum Gasteiger partial charge on any atom is 0.158 e. The largest absolute Gasteiger partial charge is 0.377 e. The number of hydrogen-bond acceptors (Lipinski definition) is 5. The van der Waals surface area contributed by atoms with E-state index in [-0.39, 0.29) is 0 Å². The molecule has 0 unspecified atom stereocenters. The normalized spacial score (nSPS) is 10.3. The van der Waals surface area contributed by atoms with Crippen molar-refractivity contribution >= 4 is 17.3 Å². The molecule has 2 rings (SSSR count). The number of aryl methyl sites for hydroxylation is 1. The summed E-state index contributed by atoms with van der Waals surface area (Å²) in [6.45, 7) is 2.52. The Morgan fingerprint density at radius 1 is 1.15 bits per heavy atom. The smallest absolute Gasteiger partial charge is 0.158 e. The van der Waals surface area contributed by atoms with Gasteiger partial charge in [0, 0.05) is 25.9 Å². The topological polar surface area (TPSA) is 59.1 Å². The highest BCUT2D eigenvalue weighted by Crippen LogP contribution is 2.21. The molecule has 0 aliphatic carbocycles. The zero-order chi connectivity index (χ0) is 14.4. The average molecular weight is 272 g/mol. The number of para-hydroxylation sites is 1. The summed E-state index contributed by atoms with van der Waals surface area (Å²) in [7, 11) is 3.47. The lowest BCUT2D eigenvalue weighted by molar-refractivity contribution is 0.178. The summed E-state index contributed by atoms with van der Waals surface area (Å²) in [5, 5.41) is 6.38. The van der Waals surface area contributed by atoms with E-state index < -0.39 is 0 Å². The Bertz CT molecular complexity index is 572. The number of aromatic nitrogens is 2. The first-order valence-electron chi connectivity index (χ1n) is 6.66. The summed E-state index contributed by atoms with van der Waals surface area (Å²) in [6, 6.07) is 10.1. The Morgan fingerprint density at radius 3 is 2.60 bits per heavy atom. The Morgan fingerprint density at radius 2 is 1.90 bits per heavy atom. The number of nitrogens with zero attached hydrogens (tertiary/aromatic N) is 2. The molecule has 0 aliphatic heterocycles. The molecule has 0 aliphatic rings. The van der Waals surface area contributed by atoms with Crippen molar-refractivity contribution in [3.63, 3.8) is 0 Å². The van der Waals surface area contributed by atoms with Gasteiger partial charge in [-0.2, -0.15) is 0 Å². The minimum absolute atomic E-state index is 0.389. The summed E-state index contributed by atoms with van der Waals surface area (Å²) in [5.41, 5.74) is 2.32. The standard InChI is InChI=1S/C15H20N4O/c1-4-11-7-5-6-8-12(11)17-14-9-13(16-2)18-15(19-14)10-20-3/h5-9H,4,10H2,1-3H3,(H2,16,17,18,19). The van der Waals surface area contributed by atoms with E-state index in [0.29, 0.717) is 12.4 Å². The van der Waals surface area contributed by atoms with E-state index in [1.165, 1.54) is 5.56 Å². The Balaban J connectivity index is 2.30. The zero-order valence-electron chi connectivity index (χ0n) is 12.1. The summed E-state index contributed by atoms with van der Waals surface area (Å²) in [6.07, 6.45) is 0.970. The number of benzene rings is 1. The predicted octanol–water partition coefficient (Wildman–Crippen LogP) is 2.97. The second-order valence-electron chi connectivity index (χ2n) is 4.37. The van der Waals surface area contributed by atoms with Gasteiger partial charge in [0.05, 0.1) is 0 Å². The fourth-order valence-electron chi connectivity index (χ4n) is 1.97. The van der Waals surface area contributed by atoms with E-state index in [2.05, 4.69) is 39.7 Å². The molecule has 0 spiro atoms. The van der Waals surface area contributed by atoms with Crippen LogP contribution >= 0.6 is 0 Å². The van der Waals surface area contributed by atoms with Crippen LogP contribution in [0.2, 0.25) is 0 Å². The van der Waals surface area contributed by atoms with Crippen molar-refractivity contribution in [2.24, 2.45) is 0 Å². The number of hydrogen-bond donors (Lipinski definition) is 2. The molecule has 2 aromatic rings. The summed E-state index contributed by atoms with van der Waals surface area (Å²) in [4.78, 5) is 8.79. The average Bonchev–Trinajstić information content (AvgIpc) is 2.48. The van der Waals surface area contributed by atoms with Crippen molar-refractivity contribution in [2.75, 3.05) is 24.8 Å². The van der Waals surface area contributed by atoms with Gasteiger partial charge in [-0.3, -0.25) is 0 Å². The highest BCUT2D eigenvalue weighted by atomic mass is 16.5. The first-order valence-corrected chi connectivity index (χ1v) is 6.66. The van der Waals surface area contributed by atoms with Crippen LogP contribution in [0, 0.1) is 0 Å². The predicted molar refractivity (Wildman–Crippen MR) is 81.4 cm³/mol. The van der Waals surface area contributed by atoms with E-state index in [1.807, 2.05) is 25.2 Å². The van der Waals surface area contributed by atoms with Gasteiger partial charge in [0.25, 0.3) is 0 Å². The third-order valence-corrected chi connectivity index (χ3v) is 2.96. The molecule has 1 aromatic carbocycles. The van der Waals surface area contributed by atoms with Gasteiger partial charge in [0.15, 0.2) is 5.82 Å². The molecule has 0 bridgehead atoms. The molecule has 0 atom stereocenters. The summed E-state index contributed by atoms with van der Waals surface area (Å²) >= 11 is 0. The SMILES string of the molecule is CCc1ccccc1Nc1cc(NC)nc(COC)n1. The van der Waals surface area contributed by atoms with Gasteiger partial charge in [-0.15, -0.1) is 0 Å². The van der Waals surface area contributed by atoms with E-state index in [4.69, 9.17) is 4.74 Å². The lowest BCUT2D eigenvalue weighted by Gasteiger charge is -2.12. The third kappa shape index (κ3) is 3.45. The Kier molecular flexibility index (Phi) is 4.90. The van der Waals surface area contributed by atoms with Crippen LogP contribution in [-0.4, -0.2) is 24.1 Å². The van der Waals surface area contributed by atoms with Gasteiger partial charge >= 0.3 is 0 Å². The molecule has 0 fully saturated rings. The highest BCUT2D eigenvalue weighted by molar-refractivity contribution is 5.62. The number of nitrogens with one attached hydrogen (secondary N) is 2. The van der Waals surface area contributed by atoms with Crippen molar-refractivity contribution < 1.29 is 4.74 Å². The Labute approximate surface area is 119 Å². The van der Waals surface area contributed by atoms with Gasteiger partial charge < -0.3 is 15.4 Å². The third-order valence-electron chi connectivity index (χ3n) is 2.96. The molecule has 106 valence electrons. The zero-order valence-corrected chi connectivity index (χ0v) is 12.1. The quantitative estimate of drug-likeness (QED) is 0.846. The number of anilines is 3. The summed E-state index contributed by atoms with van der Waals surface area (Å²) < 4.78 is 5.10. The molecule has 1 heterocycles. The van der Waals surface area contributed by atoms with Gasteiger partial charge in [-0.1, -0.05) is 25.1 Å². The molecular formula is C15H20N4O. The minimum Gasteiger partial charge on any atom is -0.377 e. The maximum atomic E-state index is 5.10. The van der Waals surface area contributed by atoms with Crippen molar-refractivity contribution in [3.8, 4) is 0 Å². The van der Waals surface area contributed by atoms with Crippen LogP contribution in [0.1, 0.15) is 18.3 Å². The van der Waals surface area contributed by atoms with Crippen molar-refractivity contribution in [1.82, 2.24) is 9.97 Å². The fraction of sp³-hybridized carbons (Fsp3) is 0.333. The van der Waals surface area contributed by atoms with Crippen molar-refractivity contribution in [1.29, 1.82) is 0 Å². The molecular weight excluding hydrogens is 252 g/mol. The Hall–Kier alpha value is -2.14. The van der Waals surface area contributed by atoms with Crippen LogP contribution in [-0.2, 0) is 17.8 Å². The second-order valence-corrected chi connectivity index (χ2v) is 4.37. The maximum absolute atomic E-state index is 5.10. The first-order chi connectivity index (χ1) is 9.76. The van der Waals surface area contributed by atoms with Crippen molar-refractivity contribution in [3.05, 3.63) is 41.7 Å². The summed E-state index contributed by atoms with van der Waals surface area (Å²) in [5.74, 6) is 2.18. The lowest BCUT2D eigenvalue weighted by atomic mass is 10.1. The molecule has 2 N–H and O–H groups in total. The van der Waals surface area contributed by atoms with Crippen LogP contribution in [0.3, 0.4) is 0 Å². The molecule has 5 heteroatoms. The van der Waals surface area contributed by atoms with Gasteiger partial charge in [0.1, 0.15) is 18.2 Å². The molecule has 0 saturated carbocycles. The molecule has 0 radical (unpaired) electrons. The number of methoxy groups -OCH3 is 1. The van der Waals surface area contributed by atoms with Gasteiger partial charge in [-0.25, -0.2) is 9.97 Å². The number of ether oxygens (including phenoxy) is 1. The van der Waals surface area contributed by atoms with Crippen molar-refractivity contribution in [2.45, 2.75) is 20.0 Å². The van der Waals surface area contributed by atoms with Crippen LogP contribution < -0.4 is 10.6 Å². The van der Waals surface area contributed by atoms with E-state index in [1.54, 1.807) is 7.11 Å². The number of rotatable bonds is 6. The lowest BCUT2D eigenvalue weighted by Crippen LogP contribution is -2.05. The van der Waals surface area contributed by atoms with Crippen LogP contribution in [0.4, 0.5) is 17.3 Å². The fourth-order valence-corrected chi connectivity index (χ4v) is 1.97. The molecule has 0 saturated heterocycles. The molecule has 1 aromatic heterocycles. The monoisotopic (exact) mass is 272 g/mol. The van der Waals surface area contributed by atoms with Crippen LogP contribution in [0.25, 0.3) is 0 Å². The molecule has 0 amide bonds. The second kappa shape index (κ2) is 6.86. The molecule has 5 nitrogen and oxygen atoms in total. The van der Waals surface area contributed by atoms with E-state index in [0.717, 1.165) is 23.7 Å². The van der Waals surface area contributed by atoms with Gasteiger partial charge in [0.2, 0.25) is 0 Å². The van der Waals surface area contributed by atoms with E-state index in [9.17, 15) is 0 Å². The van der Waals surface area contributed by atoms with Crippen LogP contribution in [0.15, 0.2) is 30.3 Å². The highest BCUT2D eigenvalue weighted by Gasteiger charge is 2.06.